The van der Waals surface area contributed by atoms with Gasteiger partial charge in [-0.2, -0.15) is 0 Å². The zero-order chi connectivity index (χ0) is 16.2. The van der Waals surface area contributed by atoms with Gasteiger partial charge in [-0.05, 0) is 36.4 Å². The molecule has 0 spiro atoms. The molecule has 0 saturated heterocycles. The van der Waals surface area contributed by atoms with Crippen molar-refractivity contribution in [2.24, 2.45) is 0 Å². The van der Waals surface area contributed by atoms with E-state index in [1.165, 1.54) is 0 Å². The van der Waals surface area contributed by atoms with E-state index in [4.69, 9.17) is 18.6 Å². The number of benzene rings is 2. The quantitative estimate of drug-likeness (QED) is 0.532. The van der Waals surface area contributed by atoms with Crippen molar-refractivity contribution in [2.45, 2.75) is 6.42 Å². The number of carbonyl (C=O) groups excluding carboxylic acids is 1. The van der Waals surface area contributed by atoms with Crippen molar-refractivity contribution in [3.05, 3.63) is 54.3 Å². The van der Waals surface area contributed by atoms with Gasteiger partial charge in [0, 0.05) is 17.0 Å². The van der Waals surface area contributed by atoms with Crippen molar-refractivity contribution in [1.29, 1.82) is 0 Å². The average molecular weight is 312 g/mol. The second kappa shape index (κ2) is 6.44. The van der Waals surface area contributed by atoms with Crippen LogP contribution in [0.15, 0.2) is 53.1 Å². The van der Waals surface area contributed by atoms with Gasteiger partial charge in [0.1, 0.15) is 22.8 Å². The van der Waals surface area contributed by atoms with Crippen molar-refractivity contribution >= 4 is 16.9 Å². The Morgan fingerprint density at radius 1 is 0.957 bits per heavy atom. The van der Waals surface area contributed by atoms with Gasteiger partial charge in [0.2, 0.25) is 0 Å². The Morgan fingerprint density at radius 2 is 1.61 bits per heavy atom. The SMILES string of the molecule is COc1ccc(OC(=O)Cc2coc3cc(OC)ccc23)cc1. The van der Waals surface area contributed by atoms with E-state index in [9.17, 15) is 4.79 Å². The van der Waals surface area contributed by atoms with Gasteiger partial charge >= 0.3 is 5.97 Å². The number of esters is 1. The number of methoxy groups -OCH3 is 2. The molecule has 0 aliphatic rings. The van der Waals surface area contributed by atoms with Crippen molar-refractivity contribution in [2.75, 3.05) is 14.2 Å². The summed E-state index contributed by atoms with van der Waals surface area (Å²) in [5.74, 6) is 1.54. The van der Waals surface area contributed by atoms with Gasteiger partial charge in [-0.25, -0.2) is 0 Å². The molecular formula is C18H16O5. The molecule has 1 heterocycles. The number of hydrogen-bond donors (Lipinski definition) is 0. The normalized spacial score (nSPS) is 10.5. The van der Waals surface area contributed by atoms with Gasteiger partial charge in [0.05, 0.1) is 26.9 Å². The molecular weight excluding hydrogens is 296 g/mol. The molecule has 0 radical (unpaired) electrons. The molecule has 0 aliphatic carbocycles. The second-order valence-electron chi connectivity index (χ2n) is 4.95. The molecule has 0 N–H and O–H groups in total. The lowest BCUT2D eigenvalue weighted by atomic mass is 10.1. The van der Waals surface area contributed by atoms with E-state index in [-0.39, 0.29) is 12.4 Å². The van der Waals surface area contributed by atoms with E-state index in [1.54, 1.807) is 50.8 Å². The van der Waals surface area contributed by atoms with Crippen molar-refractivity contribution in [3.63, 3.8) is 0 Å². The Balaban J connectivity index is 1.72. The molecule has 0 saturated carbocycles. The Morgan fingerprint density at radius 3 is 2.30 bits per heavy atom. The Hall–Kier alpha value is -2.95. The molecule has 0 fully saturated rings. The maximum atomic E-state index is 12.1. The first-order chi connectivity index (χ1) is 11.2. The van der Waals surface area contributed by atoms with Crippen LogP contribution in [0.2, 0.25) is 0 Å². The molecule has 0 bridgehead atoms. The topological polar surface area (TPSA) is 57.9 Å². The zero-order valence-electron chi connectivity index (χ0n) is 12.9. The molecule has 2 aromatic carbocycles. The van der Waals surface area contributed by atoms with Crippen LogP contribution in [-0.4, -0.2) is 20.2 Å². The van der Waals surface area contributed by atoms with Crippen LogP contribution < -0.4 is 14.2 Å². The minimum atomic E-state index is -0.353. The molecule has 5 nitrogen and oxygen atoms in total. The van der Waals surface area contributed by atoms with Crippen LogP contribution in [0.3, 0.4) is 0 Å². The first-order valence-corrected chi connectivity index (χ1v) is 7.08. The molecule has 0 atom stereocenters. The molecule has 118 valence electrons. The second-order valence-corrected chi connectivity index (χ2v) is 4.95. The summed E-state index contributed by atoms with van der Waals surface area (Å²) in [7, 11) is 3.18. The lowest BCUT2D eigenvalue weighted by Gasteiger charge is -2.05. The fourth-order valence-electron chi connectivity index (χ4n) is 2.29. The average Bonchev–Trinajstić information content (AvgIpc) is 2.97. The first kappa shape index (κ1) is 15.0. The molecule has 0 aliphatic heterocycles. The van der Waals surface area contributed by atoms with Crippen LogP contribution >= 0.6 is 0 Å². The van der Waals surface area contributed by atoms with Crippen molar-refractivity contribution in [3.8, 4) is 17.2 Å². The van der Waals surface area contributed by atoms with Gasteiger partial charge in [0.15, 0.2) is 0 Å². The monoisotopic (exact) mass is 312 g/mol. The van der Waals surface area contributed by atoms with Gasteiger partial charge in [-0.15, -0.1) is 0 Å². The summed E-state index contributed by atoms with van der Waals surface area (Å²) in [6.45, 7) is 0. The number of rotatable bonds is 5. The molecule has 3 rings (SSSR count). The summed E-state index contributed by atoms with van der Waals surface area (Å²) in [5.41, 5.74) is 1.46. The number of carbonyl (C=O) groups is 1. The third kappa shape index (κ3) is 3.29. The Bertz CT molecular complexity index is 817. The molecule has 3 aromatic rings. The molecule has 5 heteroatoms. The summed E-state index contributed by atoms with van der Waals surface area (Å²) in [6.07, 6.45) is 1.70. The van der Waals surface area contributed by atoms with E-state index < -0.39 is 0 Å². The maximum Gasteiger partial charge on any atom is 0.315 e. The van der Waals surface area contributed by atoms with E-state index in [1.807, 2.05) is 12.1 Å². The highest BCUT2D eigenvalue weighted by Crippen LogP contribution is 2.26. The zero-order valence-corrected chi connectivity index (χ0v) is 12.9. The van der Waals surface area contributed by atoms with Gasteiger partial charge < -0.3 is 18.6 Å². The van der Waals surface area contributed by atoms with E-state index in [0.717, 1.165) is 10.9 Å². The lowest BCUT2D eigenvalue weighted by Crippen LogP contribution is -2.10. The fourth-order valence-corrected chi connectivity index (χ4v) is 2.29. The van der Waals surface area contributed by atoms with Crippen LogP contribution in [0.1, 0.15) is 5.56 Å². The predicted molar refractivity (Wildman–Crippen MR) is 85.1 cm³/mol. The third-order valence-corrected chi connectivity index (χ3v) is 3.49. The van der Waals surface area contributed by atoms with Crippen LogP contribution in [-0.2, 0) is 11.2 Å². The minimum absolute atomic E-state index is 0.130. The van der Waals surface area contributed by atoms with Crippen molar-refractivity contribution in [1.82, 2.24) is 0 Å². The molecule has 1 aromatic heterocycles. The summed E-state index contributed by atoms with van der Waals surface area (Å²) < 4.78 is 21.0. The summed E-state index contributed by atoms with van der Waals surface area (Å²) >= 11 is 0. The van der Waals surface area contributed by atoms with Crippen LogP contribution in [0.4, 0.5) is 0 Å². The van der Waals surface area contributed by atoms with Crippen LogP contribution in [0, 0.1) is 0 Å². The Kier molecular flexibility index (Phi) is 4.19. The third-order valence-electron chi connectivity index (χ3n) is 3.49. The number of furan rings is 1. The lowest BCUT2D eigenvalue weighted by molar-refractivity contribution is -0.133. The first-order valence-electron chi connectivity index (χ1n) is 7.08. The largest absolute Gasteiger partial charge is 0.497 e. The van der Waals surface area contributed by atoms with Gasteiger partial charge in [-0.1, -0.05) is 0 Å². The standard InChI is InChI=1S/C18H16O5/c1-20-13-3-5-14(6-4-13)23-18(19)9-12-11-22-17-10-15(21-2)7-8-16(12)17/h3-8,10-11H,9H2,1-2H3. The molecule has 23 heavy (non-hydrogen) atoms. The molecule has 0 amide bonds. The number of hydrogen-bond acceptors (Lipinski definition) is 5. The number of ether oxygens (including phenoxy) is 3. The van der Waals surface area contributed by atoms with Gasteiger partial charge in [-0.3, -0.25) is 4.79 Å². The highest BCUT2D eigenvalue weighted by Gasteiger charge is 2.13. The Labute approximate surface area is 133 Å². The fraction of sp³-hybridized carbons (Fsp3) is 0.167. The smallest absolute Gasteiger partial charge is 0.315 e. The van der Waals surface area contributed by atoms with Crippen LogP contribution in [0.25, 0.3) is 11.0 Å². The maximum absolute atomic E-state index is 12.1. The minimum Gasteiger partial charge on any atom is -0.497 e. The highest BCUT2D eigenvalue weighted by molar-refractivity contribution is 5.87. The summed E-state index contributed by atoms with van der Waals surface area (Å²) in [5, 5.41) is 0.873. The predicted octanol–water partition coefficient (Wildman–Crippen LogP) is 3.60. The van der Waals surface area contributed by atoms with E-state index in [2.05, 4.69) is 0 Å². The summed E-state index contributed by atoms with van der Waals surface area (Å²) in [4.78, 5) is 12.1. The van der Waals surface area contributed by atoms with E-state index >= 15 is 0 Å². The molecule has 0 unspecified atom stereocenters. The highest BCUT2D eigenvalue weighted by atomic mass is 16.5. The summed E-state index contributed by atoms with van der Waals surface area (Å²) in [6, 6.07) is 12.3. The van der Waals surface area contributed by atoms with E-state index in [0.29, 0.717) is 22.8 Å². The van der Waals surface area contributed by atoms with Crippen LogP contribution in [0.5, 0.6) is 17.2 Å². The van der Waals surface area contributed by atoms with Crippen molar-refractivity contribution < 1.29 is 23.4 Å². The van der Waals surface area contributed by atoms with Gasteiger partial charge in [0.25, 0.3) is 0 Å². The number of fused-ring (bicyclic) bond motifs is 1.